The molecule has 36 heavy (non-hydrogen) atoms. The molecule has 1 aliphatic rings. The Kier molecular flexibility index (Phi) is 18.8. The number of unbranched alkanes of at least 4 members (excludes halogenated alkanes) is 14. The van der Waals surface area contributed by atoms with Crippen LogP contribution in [0.15, 0.2) is 0 Å². The van der Waals surface area contributed by atoms with Crippen molar-refractivity contribution in [1.82, 2.24) is 0 Å². The van der Waals surface area contributed by atoms with Crippen LogP contribution in [0.3, 0.4) is 0 Å². The van der Waals surface area contributed by atoms with Crippen molar-refractivity contribution in [1.29, 1.82) is 0 Å². The Morgan fingerprint density at radius 3 is 1.75 bits per heavy atom. The molecule has 0 amide bonds. The molecular formula is C27H57NO7P+. The van der Waals surface area contributed by atoms with Gasteiger partial charge in [-0.1, -0.05) is 103 Å². The molecule has 1 aliphatic heterocycles. The van der Waals surface area contributed by atoms with Crippen LogP contribution in [-0.2, 0) is 28.1 Å². The third kappa shape index (κ3) is 18.2. The maximum absolute atomic E-state index is 12.1. The van der Waals surface area contributed by atoms with Gasteiger partial charge in [-0.15, -0.1) is 4.67 Å². The molecule has 1 N–H and O–H groups in total. The first-order valence-electron chi connectivity index (χ1n) is 14.4. The lowest BCUT2D eigenvalue weighted by molar-refractivity contribution is -0.873. The number of rotatable bonds is 23. The van der Waals surface area contributed by atoms with E-state index in [1.807, 2.05) is 21.1 Å². The first-order chi connectivity index (χ1) is 17.2. The molecule has 0 aromatic heterocycles. The van der Waals surface area contributed by atoms with Gasteiger partial charge in [-0.05, 0) is 6.42 Å². The van der Waals surface area contributed by atoms with Gasteiger partial charge in [-0.2, -0.15) is 0 Å². The molecule has 0 spiro atoms. The van der Waals surface area contributed by atoms with E-state index < -0.39 is 20.0 Å². The quantitative estimate of drug-likeness (QED) is 0.0503. The fourth-order valence-electron chi connectivity index (χ4n) is 4.72. The molecule has 0 aromatic carbocycles. The van der Waals surface area contributed by atoms with Gasteiger partial charge in [-0.25, -0.2) is 9.45 Å². The lowest BCUT2D eigenvalue weighted by Crippen LogP contribution is -2.51. The fraction of sp³-hybridized carbons (Fsp3) is 1.00. The van der Waals surface area contributed by atoms with Crippen molar-refractivity contribution < 1.29 is 37.5 Å². The number of phosphoric acid groups is 1. The molecule has 1 fully saturated rings. The summed E-state index contributed by atoms with van der Waals surface area (Å²) in [7, 11) is 2.79. The largest absolute Gasteiger partial charge is 0.500 e. The Labute approximate surface area is 221 Å². The maximum Gasteiger partial charge on any atom is 0.500 e. The summed E-state index contributed by atoms with van der Waals surface area (Å²) in [4.78, 5) is 14.2. The molecule has 1 saturated heterocycles. The number of phosphoric ester groups is 1. The first-order valence-corrected chi connectivity index (χ1v) is 15.9. The number of hydrogen-bond donors (Lipinski definition) is 1. The summed E-state index contributed by atoms with van der Waals surface area (Å²) >= 11 is 0. The van der Waals surface area contributed by atoms with E-state index in [1.54, 1.807) is 0 Å². The molecule has 4 atom stereocenters. The van der Waals surface area contributed by atoms with E-state index in [0.29, 0.717) is 24.2 Å². The Bertz CT molecular complexity index is 565. The van der Waals surface area contributed by atoms with Crippen LogP contribution in [0.5, 0.6) is 0 Å². The number of quaternary nitrogens is 1. The molecule has 216 valence electrons. The second-order valence-corrected chi connectivity index (χ2v) is 12.7. The van der Waals surface area contributed by atoms with Crippen LogP contribution in [0.25, 0.3) is 0 Å². The van der Waals surface area contributed by atoms with E-state index in [2.05, 4.69) is 16.5 Å². The second-order valence-electron chi connectivity index (χ2n) is 11.4. The van der Waals surface area contributed by atoms with Crippen LogP contribution >= 0.6 is 7.82 Å². The Balaban J connectivity index is 2.09. The van der Waals surface area contributed by atoms with Crippen LogP contribution < -0.4 is 0 Å². The first kappa shape index (κ1) is 34.0. The standard InChI is InChI=1S/C27H56NO7P/c1-6-7-8-9-10-11-12-13-14-15-16-17-18-19-20-21-25-23-33-27(24-32-25)26(22-28(2,3)4)34-36(29,30)35-31-5/h25-27H,6-24H2,1-5H3/p+1/t25-,26?,27-/m1/s1. The molecule has 9 heteroatoms. The average molecular weight is 539 g/mol. The molecule has 2 unspecified atom stereocenters. The fourth-order valence-corrected chi connectivity index (χ4v) is 5.49. The van der Waals surface area contributed by atoms with Gasteiger partial charge in [0.1, 0.15) is 18.8 Å². The summed E-state index contributed by atoms with van der Waals surface area (Å²) in [6, 6.07) is 0. The van der Waals surface area contributed by atoms with Crippen LogP contribution in [0.4, 0.5) is 0 Å². The van der Waals surface area contributed by atoms with E-state index in [0.717, 1.165) is 12.8 Å². The lowest BCUT2D eigenvalue weighted by Gasteiger charge is -2.37. The van der Waals surface area contributed by atoms with E-state index in [4.69, 9.17) is 14.0 Å². The van der Waals surface area contributed by atoms with Gasteiger partial charge in [0.05, 0.1) is 47.6 Å². The van der Waals surface area contributed by atoms with Gasteiger partial charge in [0.15, 0.2) is 0 Å². The minimum absolute atomic E-state index is 0.0733. The van der Waals surface area contributed by atoms with Gasteiger partial charge in [0.2, 0.25) is 0 Å². The summed E-state index contributed by atoms with van der Waals surface area (Å²) < 4.78 is 34.4. The summed E-state index contributed by atoms with van der Waals surface area (Å²) in [5.41, 5.74) is 0. The van der Waals surface area contributed by atoms with Crippen molar-refractivity contribution in [3.63, 3.8) is 0 Å². The van der Waals surface area contributed by atoms with E-state index >= 15 is 0 Å². The highest BCUT2D eigenvalue weighted by molar-refractivity contribution is 7.47. The molecule has 8 nitrogen and oxygen atoms in total. The number of ether oxygens (including phenoxy) is 2. The van der Waals surface area contributed by atoms with Crippen LogP contribution in [-0.4, -0.2) is 75.7 Å². The Morgan fingerprint density at radius 2 is 1.33 bits per heavy atom. The molecule has 1 heterocycles. The highest BCUT2D eigenvalue weighted by Gasteiger charge is 2.39. The molecule has 0 aliphatic carbocycles. The SMILES string of the molecule is CCCCCCCCCCCCCCCCC[C@@H]1CO[C@@H](C(C[N+](C)(C)C)OP(=O)(O)OOC)CO1. The number of likely N-dealkylation sites (N-methyl/N-ethyl adjacent to an activating group) is 1. The van der Waals surface area contributed by atoms with Crippen molar-refractivity contribution >= 4 is 7.82 Å². The van der Waals surface area contributed by atoms with Crippen LogP contribution in [0.2, 0.25) is 0 Å². The number of nitrogens with zero attached hydrogens (tertiary/aromatic N) is 1. The number of hydrogen-bond acceptors (Lipinski definition) is 6. The van der Waals surface area contributed by atoms with Gasteiger partial charge in [0.25, 0.3) is 0 Å². The maximum atomic E-state index is 12.1. The smallest absolute Gasteiger partial charge is 0.373 e. The minimum atomic E-state index is -4.33. The van der Waals surface area contributed by atoms with Gasteiger partial charge >= 0.3 is 7.82 Å². The highest BCUT2D eigenvalue weighted by Crippen LogP contribution is 2.45. The lowest BCUT2D eigenvalue weighted by atomic mass is 10.0. The van der Waals surface area contributed by atoms with Crippen molar-refractivity contribution in [2.24, 2.45) is 0 Å². The van der Waals surface area contributed by atoms with Crippen molar-refractivity contribution in [2.75, 3.05) is 48.0 Å². The van der Waals surface area contributed by atoms with Crippen molar-refractivity contribution in [2.45, 2.75) is 128 Å². The highest BCUT2D eigenvalue weighted by atomic mass is 31.2. The average Bonchev–Trinajstić information content (AvgIpc) is 2.80. The predicted molar refractivity (Wildman–Crippen MR) is 145 cm³/mol. The third-order valence-electron chi connectivity index (χ3n) is 6.70. The van der Waals surface area contributed by atoms with Crippen LogP contribution in [0, 0.1) is 0 Å². The van der Waals surface area contributed by atoms with E-state index in [1.165, 1.54) is 97.0 Å². The van der Waals surface area contributed by atoms with Gasteiger partial charge in [-0.3, -0.25) is 4.52 Å². The summed E-state index contributed by atoms with van der Waals surface area (Å²) in [5, 5.41) is 0. The molecule has 0 radical (unpaired) electrons. The monoisotopic (exact) mass is 538 g/mol. The third-order valence-corrected chi connectivity index (χ3v) is 7.58. The second kappa shape index (κ2) is 19.9. The minimum Gasteiger partial charge on any atom is -0.373 e. The van der Waals surface area contributed by atoms with Gasteiger partial charge < -0.3 is 18.9 Å². The zero-order chi connectivity index (χ0) is 26.7. The van der Waals surface area contributed by atoms with Crippen molar-refractivity contribution in [3.05, 3.63) is 0 Å². The Hall–Kier alpha value is -0.0500. The summed E-state index contributed by atoms with van der Waals surface area (Å²) in [6.45, 7) is 3.55. The zero-order valence-electron chi connectivity index (χ0n) is 24.0. The zero-order valence-corrected chi connectivity index (χ0v) is 24.9. The molecule has 0 saturated carbocycles. The summed E-state index contributed by atoms with van der Waals surface area (Å²) in [6.07, 6.45) is 20.4. The normalized spacial score (nSPS) is 21.4. The summed E-state index contributed by atoms with van der Waals surface area (Å²) in [5.74, 6) is 0. The van der Waals surface area contributed by atoms with Crippen molar-refractivity contribution in [3.8, 4) is 0 Å². The molecule has 0 aromatic rings. The molecule has 0 bridgehead atoms. The van der Waals surface area contributed by atoms with E-state index in [-0.39, 0.29) is 6.10 Å². The van der Waals surface area contributed by atoms with E-state index in [9.17, 15) is 9.46 Å². The predicted octanol–water partition coefficient (Wildman–Crippen LogP) is 6.80. The molecule has 1 rings (SSSR count). The van der Waals surface area contributed by atoms with Gasteiger partial charge in [0, 0.05) is 0 Å². The molecular weight excluding hydrogens is 481 g/mol. The topological polar surface area (TPSA) is 83.5 Å². The Morgan fingerprint density at radius 1 is 0.833 bits per heavy atom. The van der Waals surface area contributed by atoms with Crippen LogP contribution in [0.1, 0.15) is 110 Å².